The fourth-order valence-corrected chi connectivity index (χ4v) is 2.54. The molecule has 0 aliphatic heterocycles. The minimum absolute atomic E-state index is 0.611. The smallest absolute Gasteiger partial charge is 0.144 e. The Morgan fingerprint density at radius 1 is 1.35 bits per heavy atom. The van der Waals surface area contributed by atoms with Gasteiger partial charge in [0.2, 0.25) is 0 Å². The van der Waals surface area contributed by atoms with E-state index in [1.165, 1.54) is 4.90 Å². The van der Waals surface area contributed by atoms with E-state index in [-0.39, 0.29) is 0 Å². The van der Waals surface area contributed by atoms with E-state index in [0.717, 1.165) is 16.0 Å². The zero-order valence-electron chi connectivity index (χ0n) is 9.08. The van der Waals surface area contributed by atoms with Crippen molar-refractivity contribution in [2.45, 2.75) is 4.90 Å². The van der Waals surface area contributed by atoms with Crippen molar-refractivity contribution >= 4 is 50.8 Å². The van der Waals surface area contributed by atoms with Crippen LogP contribution in [0.3, 0.4) is 0 Å². The van der Waals surface area contributed by atoms with Crippen molar-refractivity contribution in [3.05, 3.63) is 46.0 Å². The Kier molecular flexibility index (Phi) is 4.31. The molecular formula is C12H10BrClN2S. The van der Waals surface area contributed by atoms with Gasteiger partial charge in [0.05, 0.1) is 9.50 Å². The third kappa shape index (κ3) is 3.37. The Bertz CT molecular complexity index is 534. The highest BCUT2D eigenvalue weighted by molar-refractivity contribution is 9.10. The Labute approximate surface area is 118 Å². The van der Waals surface area contributed by atoms with Gasteiger partial charge in [0.15, 0.2) is 0 Å². The number of aromatic nitrogens is 1. The van der Waals surface area contributed by atoms with E-state index in [1.807, 2.05) is 18.2 Å². The van der Waals surface area contributed by atoms with E-state index < -0.39 is 0 Å². The first kappa shape index (κ1) is 12.7. The molecule has 0 spiro atoms. The highest BCUT2D eigenvalue weighted by Crippen LogP contribution is 2.27. The number of pyridine rings is 1. The minimum atomic E-state index is 0.611. The maximum Gasteiger partial charge on any atom is 0.144 e. The first-order chi connectivity index (χ1) is 8.19. The molecule has 0 saturated carbocycles. The zero-order chi connectivity index (χ0) is 12.3. The Morgan fingerprint density at radius 2 is 2.18 bits per heavy atom. The Morgan fingerprint density at radius 3 is 2.88 bits per heavy atom. The van der Waals surface area contributed by atoms with Crippen LogP contribution in [0.5, 0.6) is 0 Å². The monoisotopic (exact) mass is 328 g/mol. The number of rotatable bonds is 3. The molecule has 1 N–H and O–H groups in total. The zero-order valence-corrected chi connectivity index (χ0v) is 12.2. The van der Waals surface area contributed by atoms with Crippen LogP contribution in [0.15, 0.2) is 45.9 Å². The summed E-state index contributed by atoms with van der Waals surface area (Å²) in [6.45, 7) is 0. The van der Waals surface area contributed by atoms with Gasteiger partial charge in [-0.1, -0.05) is 17.7 Å². The molecule has 2 nitrogen and oxygen atoms in total. The van der Waals surface area contributed by atoms with Gasteiger partial charge < -0.3 is 5.32 Å². The topological polar surface area (TPSA) is 24.9 Å². The van der Waals surface area contributed by atoms with E-state index in [4.69, 9.17) is 11.6 Å². The van der Waals surface area contributed by atoms with Crippen LogP contribution in [-0.2, 0) is 0 Å². The summed E-state index contributed by atoms with van der Waals surface area (Å²) in [5.41, 5.74) is 1.01. The lowest BCUT2D eigenvalue weighted by molar-refractivity contribution is 1.28. The minimum Gasteiger partial charge on any atom is -0.339 e. The predicted molar refractivity (Wildman–Crippen MR) is 78.5 cm³/mol. The van der Waals surface area contributed by atoms with Crippen LogP contribution < -0.4 is 5.32 Å². The van der Waals surface area contributed by atoms with Crippen LogP contribution >= 0.6 is 39.3 Å². The van der Waals surface area contributed by atoms with Crippen LogP contribution in [-0.4, -0.2) is 11.2 Å². The predicted octanol–water partition coefficient (Wildman–Crippen LogP) is 4.96. The van der Waals surface area contributed by atoms with Crippen molar-refractivity contribution in [1.29, 1.82) is 0 Å². The number of nitrogens with one attached hydrogen (secondary N) is 1. The molecule has 1 heterocycles. The molecule has 0 saturated heterocycles. The molecule has 0 bridgehead atoms. The summed E-state index contributed by atoms with van der Waals surface area (Å²) in [5, 5.41) is 3.86. The summed E-state index contributed by atoms with van der Waals surface area (Å²) < 4.78 is 0.847. The van der Waals surface area contributed by atoms with Crippen molar-refractivity contribution < 1.29 is 0 Å². The number of hydrogen-bond acceptors (Lipinski definition) is 3. The number of benzene rings is 1. The molecule has 0 fully saturated rings. The van der Waals surface area contributed by atoms with Gasteiger partial charge in [-0.3, -0.25) is 0 Å². The van der Waals surface area contributed by atoms with Crippen molar-refractivity contribution in [3.8, 4) is 0 Å². The molecule has 1 aromatic carbocycles. The van der Waals surface area contributed by atoms with E-state index in [9.17, 15) is 0 Å². The van der Waals surface area contributed by atoms with Gasteiger partial charge >= 0.3 is 0 Å². The summed E-state index contributed by atoms with van der Waals surface area (Å²) in [4.78, 5) is 5.44. The highest BCUT2D eigenvalue weighted by atomic mass is 79.9. The second kappa shape index (κ2) is 5.76. The average molecular weight is 330 g/mol. The lowest BCUT2D eigenvalue weighted by atomic mass is 10.3. The van der Waals surface area contributed by atoms with Gasteiger partial charge in [0.25, 0.3) is 0 Å². The maximum atomic E-state index is 5.84. The van der Waals surface area contributed by atoms with E-state index >= 15 is 0 Å². The van der Waals surface area contributed by atoms with E-state index in [0.29, 0.717) is 5.02 Å². The lowest BCUT2D eigenvalue weighted by Gasteiger charge is -2.08. The summed E-state index contributed by atoms with van der Waals surface area (Å²) in [6, 6.07) is 9.98. The fraction of sp³-hybridized carbons (Fsp3) is 0.0833. The Balaban J connectivity index is 2.25. The first-order valence-electron chi connectivity index (χ1n) is 4.91. The van der Waals surface area contributed by atoms with Crippen molar-refractivity contribution in [2.75, 3.05) is 11.6 Å². The lowest BCUT2D eigenvalue weighted by Crippen LogP contribution is -1.94. The summed E-state index contributed by atoms with van der Waals surface area (Å²) in [7, 11) is 0. The largest absolute Gasteiger partial charge is 0.339 e. The molecule has 0 aliphatic rings. The van der Waals surface area contributed by atoms with Crippen molar-refractivity contribution in [1.82, 2.24) is 4.98 Å². The second-order valence-corrected chi connectivity index (χ2v) is 5.51. The fourth-order valence-electron chi connectivity index (χ4n) is 1.34. The summed E-state index contributed by atoms with van der Waals surface area (Å²) in [5.74, 6) is 0.757. The quantitative estimate of drug-likeness (QED) is 0.805. The number of halogens is 2. The van der Waals surface area contributed by atoms with Gasteiger partial charge in [-0.25, -0.2) is 4.98 Å². The van der Waals surface area contributed by atoms with Gasteiger partial charge in [-0.2, -0.15) is 0 Å². The molecule has 0 aliphatic carbocycles. The number of anilines is 2. The molecular weight excluding hydrogens is 320 g/mol. The third-order valence-corrected chi connectivity index (χ3v) is 3.68. The van der Waals surface area contributed by atoms with Crippen molar-refractivity contribution in [3.63, 3.8) is 0 Å². The molecule has 2 aromatic rings. The Hall–Kier alpha value is -0.710. The average Bonchev–Trinajstić information content (AvgIpc) is 2.33. The SMILES string of the molecule is CSc1cccc(Nc2ncc(Cl)cc2Br)c1. The molecule has 1 aromatic heterocycles. The van der Waals surface area contributed by atoms with Gasteiger partial charge in [0, 0.05) is 16.8 Å². The molecule has 0 unspecified atom stereocenters. The van der Waals surface area contributed by atoms with Crippen LogP contribution in [0.25, 0.3) is 0 Å². The normalized spacial score (nSPS) is 10.3. The second-order valence-electron chi connectivity index (χ2n) is 3.34. The summed E-state index contributed by atoms with van der Waals surface area (Å²) >= 11 is 11.0. The molecule has 0 radical (unpaired) electrons. The van der Waals surface area contributed by atoms with E-state index in [2.05, 4.69) is 44.6 Å². The first-order valence-corrected chi connectivity index (χ1v) is 7.31. The number of hydrogen-bond donors (Lipinski definition) is 1. The molecule has 0 atom stereocenters. The van der Waals surface area contributed by atoms with Gasteiger partial charge in [-0.05, 0) is 46.5 Å². The van der Waals surface area contributed by atoms with E-state index in [1.54, 1.807) is 18.0 Å². The number of nitrogens with zero attached hydrogens (tertiary/aromatic N) is 1. The number of thioether (sulfide) groups is 1. The standard InChI is InChI=1S/C12H10BrClN2S/c1-17-10-4-2-3-9(6-10)16-12-11(13)5-8(14)7-15-12/h2-7H,1H3,(H,15,16). The van der Waals surface area contributed by atoms with Crippen LogP contribution in [0.4, 0.5) is 11.5 Å². The third-order valence-electron chi connectivity index (χ3n) is 2.14. The van der Waals surface area contributed by atoms with Crippen LogP contribution in [0.1, 0.15) is 0 Å². The molecule has 88 valence electrons. The highest BCUT2D eigenvalue weighted by Gasteiger charge is 2.03. The molecule has 2 rings (SSSR count). The maximum absolute atomic E-state index is 5.84. The molecule has 5 heteroatoms. The molecule has 17 heavy (non-hydrogen) atoms. The van der Waals surface area contributed by atoms with Crippen molar-refractivity contribution in [2.24, 2.45) is 0 Å². The van der Waals surface area contributed by atoms with Gasteiger partial charge in [0.1, 0.15) is 5.82 Å². The molecule has 0 amide bonds. The van der Waals surface area contributed by atoms with Gasteiger partial charge in [-0.15, -0.1) is 11.8 Å². The van der Waals surface area contributed by atoms with Crippen LogP contribution in [0, 0.1) is 0 Å². The summed E-state index contributed by atoms with van der Waals surface area (Å²) in [6.07, 6.45) is 3.67. The van der Waals surface area contributed by atoms with Crippen LogP contribution in [0.2, 0.25) is 5.02 Å².